The SMILES string of the molecule is CC1(C)C(=O)Nc2nc(-n3nc(Cc4c(F)ccc(F)c4F)c4cc(C5CC5)ccc43)nc(N)c21. The molecule has 7 nitrogen and oxygen atoms in total. The first-order chi connectivity index (χ1) is 16.6. The van der Waals surface area contributed by atoms with Gasteiger partial charge in [0.15, 0.2) is 11.6 Å². The van der Waals surface area contributed by atoms with Crippen LogP contribution in [0.15, 0.2) is 30.3 Å². The highest BCUT2D eigenvalue weighted by Crippen LogP contribution is 2.42. The number of hydrogen-bond acceptors (Lipinski definition) is 5. The quantitative estimate of drug-likeness (QED) is 0.421. The second-order valence-electron chi connectivity index (χ2n) is 9.62. The van der Waals surface area contributed by atoms with E-state index in [9.17, 15) is 18.0 Å². The molecule has 1 saturated carbocycles. The molecule has 1 aliphatic carbocycles. The fourth-order valence-corrected chi connectivity index (χ4v) is 4.69. The highest BCUT2D eigenvalue weighted by atomic mass is 19.2. The van der Waals surface area contributed by atoms with E-state index in [0.29, 0.717) is 33.9 Å². The highest BCUT2D eigenvalue weighted by Gasteiger charge is 2.42. The van der Waals surface area contributed by atoms with Gasteiger partial charge in [-0.2, -0.15) is 19.7 Å². The van der Waals surface area contributed by atoms with Crippen LogP contribution in [-0.2, 0) is 16.6 Å². The van der Waals surface area contributed by atoms with Crippen molar-refractivity contribution in [1.82, 2.24) is 19.7 Å². The lowest BCUT2D eigenvalue weighted by molar-refractivity contribution is -0.119. The van der Waals surface area contributed by atoms with Crippen LogP contribution in [0.3, 0.4) is 0 Å². The third-order valence-corrected chi connectivity index (χ3v) is 6.85. The molecule has 3 heterocycles. The first kappa shape index (κ1) is 21.6. The van der Waals surface area contributed by atoms with Gasteiger partial charge in [-0.05, 0) is 62.4 Å². The van der Waals surface area contributed by atoms with E-state index in [2.05, 4.69) is 20.4 Å². The Kier molecular flexibility index (Phi) is 4.48. The zero-order valence-electron chi connectivity index (χ0n) is 19.0. The van der Waals surface area contributed by atoms with Crippen LogP contribution in [0.25, 0.3) is 16.9 Å². The number of rotatable bonds is 4. The van der Waals surface area contributed by atoms with Crippen molar-refractivity contribution in [2.45, 2.75) is 44.4 Å². The monoisotopic (exact) mass is 478 g/mol. The lowest BCUT2D eigenvalue weighted by Crippen LogP contribution is -2.27. The number of carbonyl (C=O) groups is 1. The van der Waals surface area contributed by atoms with E-state index < -0.39 is 28.4 Å². The van der Waals surface area contributed by atoms with Gasteiger partial charge >= 0.3 is 0 Å². The van der Waals surface area contributed by atoms with Gasteiger partial charge in [0.2, 0.25) is 5.91 Å². The van der Waals surface area contributed by atoms with E-state index in [-0.39, 0.29) is 24.1 Å². The Morgan fingerprint density at radius 1 is 1.11 bits per heavy atom. The Morgan fingerprint density at radius 3 is 2.60 bits per heavy atom. The minimum Gasteiger partial charge on any atom is -0.383 e. The molecule has 0 bridgehead atoms. The lowest BCUT2D eigenvalue weighted by Gasteiger charge is -2.16. The number of amides is 1. The van der Waals surface area contributed by atoms with Gasteiger partial charge in [0.1, 0.15) is 17.5 Å². The summed E-state index contributed by atoms with van der Waals surface area (Å²) in [5.74, 6) is -2.50. The number of benzene rings is 2. The minimum absolute atomic E-state index is 0.106. The molecule has 1 aliphatic heterocycles. The van der Waals surface area contributed by atoms with Crippen LogP contribution < -0.4 is 11.1 Å². The lowest BCUT2D eigenvalue weighted by atomic mass is 9.87. The van der Waals surface area contributed by atoms with Crippen LogP contribution in [-0.4, -0.2) is 25.7 Å². The Morgan fingerprint density at radius 2 is 1.86 bits per heavy atom. The van der Waals surface area contributed by atoms with Crippen molar-refractivity contribution >= 4 is 28.4 Å². The maximum absolute atomic E-state index is 14.5. The molecule has 3 N–H and O–H groups in total. The molecule has 35 heavy (non-hydrogen) atoms. The number of nitrogens with two attached hydrogens (primary N) is 1. The number of nitrogens with zero attached hydrogens (tertiary/aromatic N) is 4. The topological polar surface area (TPSA) is 98.7 Å². The third-order valence-electron chi connectivity index (χ3n) is 6.85. The minimum atomic E-state index is -1.24. The molecule has 1 amide bonds. The van der Waals surface area contributed by atoms with Crippen molar-refractivity contribution in [1.29, 1.82) is 0 Å². The Bertz CT molecular complexity index is 1560. The molecule has 2 aromatic carbocycles. The average Bonchev–Trinajstić information content (AvgIpc) is 3.56. The number of anilines is 2. The Balaban J connectivity index is 1.54. The zero-order valence-corrected chi connectivity index (χ0v) is 19.0. The van der Waals surface area contributed by atoms with E-state index in [1.165, 1.54) is 4.68 Å². The van der Waals surface area contributed by atoms with E-state index >= 15 is 0 Å². The number of fused-ring (bicyclic) bond motifs is 2. The maximum atomic E-state index is 14.5. The first-order valence-corrected chi connectivity index (χ1v) is 11.3. The summed E-state index contributed by atoms with van der Waals surface area (Å²) in [4.78, 5) is 21.3. The van der Waals surface area contributed by atoms with Crippen molar-refractivity contribution in [3.05, 3.63) is 70.2 Å². The summed E-state index contributed by atoms with van der Waals surface area (Å²) in [6.07, 6.45) is 1.88. The van der Waals surface area contributed by atoms with Gasteiger partial charge in [-0.1, -0.05) is 6.07 Å². The van der Waals surface area contributed by atoms with Gasteiger partial charge in [-0.25, -0.2) is 13.2 Å². The molecule has 10 heteroatoms. The van der Waals surface area contributed by atoms with Crippen molar-refractivity contribution < 1.29 is 18.0 Å². The van der Waals surface area contributed by atoms with Gasteiger partial charge < -0.3 is 11.1 Å². The molecule has 6 rings (SSSR count). The molecule has 2 aliphatic rings. The van der Waals surface area contributed by atoms with Gasteiger partial charge in [0.05, 0.1) is 22.2 Å². The maximum Gasteiger partial charge on any atom is 0.255 e. The Hall–Kier alpha value is -3.95. The molecule has 178 valence electrons. The second-order valence-corrected chi connectivity index (χ2v) is 9.62. The van der Waals surface area contributed by atoms with Crippen molar-refractivity contribution in [3.63, 3.8) is 0 Å². The molecular formula is C25H21F3N6O. The predicted molar refractivity (Wildman–Crippen MR) is 124 cm³/mol. The summed E-state index contributed by atoms with van der Waals surface area (Å²) >= 11 is 0. The number of nitrogen functional groups attached to an aromatic ring is 1. The summed E-state index contributed by atoms with van der Waals surface area (Å²) in [5.41, 5.74) is 7.48. The van der Waals surface area contributed by atoms with Gasteiger partial charge in [0, 0.05) is 17.4 Å². The van der Waals surface area contributed by atoms with E-state index in [4.69, 9.17) is 5.73 Å². The number of hydrogen-bond donors (Lipinski definition) is 2. The number of aromatic nitrogens is 4. The first-order valence-electron chi connectivity index (χ1n) is 11.3. The molecule has 0 atom stereocenters. The fraction of sp³-hybridized carbons (Fsp3) is 0.280. The molecule has 0 unspecified atom stereocenters. The largest absolute Gasteiger partial charge is 0.383 e. The molecule has 1 fully saturated rings. The third kappa shape index (κ3) is 3.27. The van der Waals surface area contributed by atoms with Gasteiger partial charge in [0.25, 0.3) is 5.95 Å². The van der Waals surface area contributed by atoms with E-state index in [0.717, 1.165) is 30.5 Å². The highest BCUT2D eigenvalue weighted by molar-refractivity contribution is 6.06. The summed E-state index contributed by atoms with van der Waals surface area (Å²) in [5, 5.41) is 7.97. The van der Waals surface area contributed by atoms with Crippen LogP contribution in [0.4, 0.5) is 24.8 Å². The summed E-state index contributed by atoms with van der Waals surface area (Å²) in [7, 11) is 0. The molecule has 0 saturated heterocycles. The zero-order chi connectivity index (χ0) is 24.6. The number of halogens is 3. The standard InChI is InChI=1S/C25H21F3N6O/c1-25(2)19-21(29)30-24(32-22(19)31-23(25)35)34-18-8-5-12(11-3-4-11)9-14(18)17(33-34)10-13-15(26)6-7-16(27)20(13)28/h5-9,11H,3-4,10H2,1-2H3,(H3,29,30,31,32,35). The van der Waals surface area contributed by atoms with Crippen LogP contribution in [0.1, 0.15) is 55.0 Å². The summed E-state index contributed by atoms with van der Waals surface area (Å²) in [6, 6.07) is 7.44. The average molecular weight is 478 g/mol. The fourth-order valence-electron chi connectivity index (χ4n) is 4.69. The number of carbonyl (C=O) groups excluding carboxylic acids is 1. The molecular weight excluding hydrogens is 457 g/mol. The second kappa shape index (κ2) is 7.27. The molecule has 0 radical (unpaired) electrons. The predicted octanol–water partition coefficient (Wildman–Crippen LogP) is 4.51. The van der Waals surface area contributed by atoms with Gasteiger partial charge in [-0.3, -0.25) is 4.79 Å². The van der Waals surface area contributed by atoms with E-state index in [1.54, 1.807) is 13.8 Å². The van der Waals surface area contributed by atoms with Crippen LogP contribution in [0.5, 0.6) is 0 Å². The molecule has 4 aromatic rings. The van der Waals surface area contributed by atoms with Crippen LogP contribution in [0, 0.1) is 17.5 Å². The molecule has 0 spiro atoms. The van der Waals surface area contributed by atoms with Crippen LogP contribution in [0.2, 0.25) is 0 Å². The summed E-state index contributed by atoms with van der Waals surface area (Å²) in [6.45, 7) is 3.47. The normalized spacial score (nSPS) is 16.5. The number of nitrogens with one attached hydrogen (secondary N) is 1. The van der Waals surface area contributed by atoms with Crippen molar-refractivity contribution in [3.8, 4) is 5.95 Å². The van der Waals surface area contributed by atoms with Crippen molar-refractivity contribution in [2.24, 2.45) is 0 Å². The van der Waals surface area contributed by atoms with Gasteiger partial charge in [-0.15, -0.1) is 0 Å². The van der Waals surface area contributed by atoms with E-state index in [1.807, 2.05) is 18.2 Å². The smallest absolute Gasteiger partial charge is 0.255 e. The molecule has 2 aromatic heterocycles. The van der Waals surface area contributed by atoms with Crippen molar-refractivity contribution in [2.75, 3.05) is 11.1 Å². The van der Waals surface area contributed by atoms with Crippen LogP contribution >= 0.6 is 0 Å². The summed E-state index contributed by atoms with van der Waals surface area (Å²) < 4.78 is 44.2. The Labute approximate surface area is 198 Å².